The molecule has 2 aromatic carbocycles. The molecule has 2 amide bonds. The number of allylic oxidation sites excluding steroid dienone is 1. The van der Waals surface area contributed by atoms with Gasteiger partial charge in [-0.15, -0.1) is 17.9 Å². The fourth-order valence-corrected chi connectivity index (χ4v) is 10.1. The lowest BCUT2D eigenvalue weighted by Crippen LogP contribution is -2.48. The van der Waals surface area contributed by atoms with Crippen molar-refractivity contribution in [2.24, 2.45) is 22.7 Å². The summed E-state index contributed by atoms with van der Waals surface area (Å²) in [6.07, 6.45) is 4.04. The van der Waals surface area contributed by atoms with E-state index in [-0.39, 0.29) is 49.3 Å². The summed E-state index contributed by atoms with van der Waals surface area (Å²) in [6, 6.07) is 12.5. The van der Waals surface area contributed by atoms with Gasteiger partial charge >= 0.3 is 0 Å². The Balaban J connectivity index is 1.19. The first-order valence-electron chi connectivity index (χ1n) is 18.8. The van der Waals surface area contributed by atoms with Gasteiger partial charge in [-0.1, -0.05) is 68.3 Å². The van der Waals surface area contributed by atoms with Crippen molar-refractivity contribution in [1.29, 1.82) is 0 Å². The van der Waals surface area contributed by atoms with E-state index in [1.165, 1.54) is 11.3 Å². The van der Waals surface area contributed by atoms with Gasteiger partial charge in [-0.25, -0.2) is 18.4 Å². The number of nitrogens with zero attached hydrogens (tertiary/aromatic N) is 3. The molecule has 2 aliphatic carbocycles. The molecule has 4 aromatic rings. The molecule has 0 spiro atoms. The lowest BCUT2D eigenvalue weighted by molar-refractivity contribution is -0.144. The molecule has 5 atom stereocenters. The van der Waals surface area contributed by atoms with Gasteiger partial charge in [0.05, 0.1) is 47.3 Å². The molecular formula is C42H47ClN4O7S2. The van der Waals surface area contributed by atoms with Crippen LogP contribution < -0.4 is 14.2 Å². The Kier molecular flexibility index (Phi) is 10.8. The number of pyridine rings is 1. The molecule has 0 bridgehead atoms. The first-order valence-corrected chi connectivity index (χ1v) is 21.7. The van der Waals surface area contributed by atoms with Crippen LogP contribution in [0.5, 0.6) is 11.6 Å². The Morgan fingerprint density at radius 2 is 1.88 bits per heavy atom. The predicted octanol–water partition coefficient (Wildman–Crippen LogP) is 7.34. The molecule has 3 aliphatic rings. The molecular weight excluding hydrogens is 772 g/mol. The van der Waals surface area contributed by atoms with Crippen LogP contribution in [0.4, 0.5) is 0 Å². The molecule has 11 nitrogen and oxygen atoms in total. The quantitative estimate of drug-likeness (QED) is 0.129. The smallest absolute Gasteiger partial charge is 0.240 e. The van der Waals surface area contributed by atoms with Crippen LogP contribution in [-0.2, 0) is 30.8 Å². The number of methoxy groups -OCH3 is 1. The van der Waals surface area contributed by atoms with Gasteiger partial charge in [0.15, 0.2) is 5.78 Å². The number of aromatic nitrogens is 2. The first-order chi connectivity index (χ1) is 26.5. The monoisotopic (exact) mass is 818 g/mol. The maximum atomic E-state index is 14.9. The number of rotatable bonds is 14. The van der Waals surface area contributed by atoms with Gasteiger partial charge in [-0.2, -0.15) is 0 Å². The van der Waals surface area contributed by atoms with Gasteiger partial charge in [-0.3, -0.25) is 19.1 Å². The van der Waals surface area contributed by atoms with Crippen molar-refractivity contribution < 1.29 is 32.3 Å². The highest BCUT2D eigenvalue weighted by atomic mass is 35.5. The second kappa shape index (κ2) is 15.2. The van der Waals surface area contributed by atoms with Crippen LogP contribution in [0.1, 0.15) is 63.4 Å². The number of thiazole rings is 1. The van der Waals surface area contributed by atoms with E-state index < -0.39 is 50.1 Å². The predicted molar refractivity (Wildman–Crippen MR) is 217 cm³/mol. The number of ether oxygens (including phenoxy) is 2. The van der Waals surface area contributed by atoms with E-state index in [2.05, 4.69) is 16.3 Å². The van der Waals surface area contributed by atoms with Crippen molar-refractivity contribution in [3.8, 4) is 22.9 Å². The van der Waals surface area contributed by atoms with Crippen LogP contribution in [0.3, 0.4) is 0 Å². The summed E-state index contributed by atoms with van der Waals surface area (Å²) in [7, 11) is -2.30. The average molecular weight is 819 g/mol. The maximum Gasteiger partial charge on any atom is 0.240 e. The average Bonchev–Trinajstić information content (AvgIpc) is 4.04. The minimum atomic E-state index is -3.85. The number of Topliss-reactive ketones (excluding diaryl/α,β-unsaturated/α-hetero) is 1. The van der Waals surface area contributed by atoms with Crippen LogP contribution in [0.2, 0.25) is 5.02 Å². The van der Waals surface area contributed by atoms with Gasteiger partial charge in [0.25, 0.3) is 0 Å². The van der Waals surface area contributed by atoms with Gasteiger partial charge in [0, 0.05) is 51.9 Å². The third-order valence-electron chi connectivity index (χ3n) is 11.4. The zero-order valence-electron chi connectivity index (χ0n) is 32.2. The Morgan fingerprint density at radius 3 is 2.52 bits per heavy atom. The summed E-state index contributed by atoms with van der Waals surface area (Å²) in [6.45, 7) is 12.0. The number of halogens is 1. The minimum Gasteiger partial charge on any atom is -0.494 e. The Bertz CT molecular complexity index is 2300. The van der Waals surface area contributed by atoms with Crippen molar-refractivity contribution in [2.75, 3.05) is 13.7 Å². The highest BCUT2D eigenvalue weighted by Gasteiger charge is 2.61. The fourth-order valence-electron chi connectivity index (χ4n) is 7.72. The van der Waals surface area contributed by atoms with Crippen molar-refractivity contribution in [1.82, 2.24) is 19.6 Å². The number of carbonyl (C=O) groups is 3. The van der Waals surface area contributed by atoms with Crippen molar-refractivity contribution in [2.45, 2.75) is 83.6 Å². The lowest BCUT2D eigenvalue weighted by atomic mass is 9.77. The molecule has 0 unspecified atom stereocenters. The molecule has 3 fully saturated rings. The number of amides is 2. The summed E-state index contributed by atoms with van der Waals surface area (Å²) in [5.41, 5.74) is 1.18. The SMILES string of the molecule is C=C[C@@H]1C[C@]1(CC(=O)[C@@H]1C[C@@H](Oc2ncc(OC)c3ccc(Cl)cc23)CN1C(=O)[C@@H](Cc1nc(-c2ccc(C)cc2)cs1)C(C)(C)C)C(=O)NS(=O)(=O)C1CC1. The number of aryl methyl sites for hydroxylation is 1. The van der Waals surface area contributed by atoms with E-state index in [0.29, 0.717) is 35.4 Å². The van der Waals surface area contributed by atoms with Gasteiger partial charge < -0.3 is 14.4 Å². The van der Waals surface area contributed by atoms with E-state index in [1.54, 1.807) is 36.4 Å². The number of carbonyl (C=O) groups excluding carboxylic acids is 3. The van der Waals surface area contributed by atoms with E-state index in [4.69, 9.17) is 26.1 Å². The number of likely N-dealkylation sites (tertiary alicyclic amines) is 1. The topological polar surface area (TPSA) is 145 Å². The second-order valence-electron chi connectivity index (χ2n) is 16.4. The summed E-state index contributed by atoms with van der Waals surface area (Å²) >= 11 is 7.89. The molecule has 1 aliphatic heterocycles. The zero-order valence-corrected chi connectivity index (χ0v) is 34.6. The number of benzene rings is 2. The molecule has 56 heavy (non-hydrogen) atoms. The second-order valence-corrected chi connectivity index (χ2v) is 19.8. The third kappa shape index (κ3) is 8.08. The minimum absolute atomic E-state index is 0.0875. The maximum absolute atomic E-state index is 14.9. The molecule has 0 radical (unpaired) electrons. The number of hydrogen-bond acceptors (Lipinski definition) is 10. The number of ketones is 1. The van der Waals surface area contributed by atoms with Gasteiger partial charge in [0.2, 0.25) is 27.7 Å². The molecule has 1 saturated heterocycles. The van der Waals surface area contributed by atoms with Crippen molar-refractivity contribution >= 4 is 61.3 Å². The number of fused-ring (bicyclic) bond motifs is 1. The van der Waals surface area contributed by atoms with Gasteiger partial charge in [-0.05, 0) is 55.7 Å². The molecule has 1 N–H and O–H groups in total. The molecule has 7 rings (SSSR count). The summed E-state index contributed by atoms with van der Waals surface area (Å²) in [5.74, 6) is -1.39. The van der Waals surface area contributed by atoms with E-state index in [0.717, 1.165) is 27.2 Å². The Morgan fingerprint density at radius 1 is 1.14 bits per heavy atom. The number of hydrogen-bond donors (Lipinski definition) is 1. The number of sulfonamides is 1. The van der Waals surface area contributed by atoms with Gasteiger partial charge in [0.1, 0.15) is 11.9 Å². The van der Waals surface area contributed by atoms with E-state index >= 15 is 0 Å². The van der Waals surface area contributed by atoms with Crippen LogP contribution in [-0.4, -0.2) is 71.9 Å². The Hall–Kier alpha value is -4.33. The third-order valence-corrected chi connectivity index (χ3v) is 14.3. The van der Waals surface area contributed by atoms with Crippen LogP contribution in [0, 0.1) is 29.6 Å². The summed E-state index contributed by atoms with van der Waals surface area (Å²) < 4.78 is 39.9. The first kappa shape index (κ1) is 39.9. The number of nitrogens with one attached hydrogen (secondary N) is 1. The van der Waals surface area contributed by atoms with Crippen LogP contribution in [0.15, 0.2) is 66.7 Å². The largest absolute Gasteiger partial charge is 0.494 e. The summed E-state index contributed by atoms with van der Waals surface area (Å²) in [4.78, 5) is 54.2. The standard InChI is InChI=1S/C42H47ClN4O7S2/c1-7-26-19-42(26,40(50)46-56(51,52)29-13-14-29)20-35(48)34-17-28(54-38-31-16-27(43)12-15-30(31)36(53-6)21-44-38)22-47(34)39(49)32(41(3,4)5)18-37-45-33(23-55-37)25-10-8-24(2)9-11-25/h7-12,15-16,21,23,26,28-29,32,34H,1,13-14,17-20,22H2,2-6H3,(H,46,50)/t26-,28-,32-,34+,42-/m1/s1. The Labute approximate surface area is 336 Å². The fraction of sp³-hybridized carbons (Fsp3) is 0.452. The van der Waals surface area contributed by atoms with Crippen molar-refractivity contribution in [3.63, 3.8) is 0 Å². The van der Waals surface area contributed by atoms with E-state index in [1.807, 2.05) is 63.4 Å². The van der Waals surface area contributed by atoms with Crippen molar-refractivity contribution in [3.05, 3.63) is 82.3 Å². The molecule has 14 heteroatoms. The highest BCUT2D eigenvalue weighted by molar-refractivity contribution is 7.90. The summed E-state index contributed by atoms with van der Waals surface area (Å²) in [5, 5.41) is 4.02. The molecule has 296 valence electrons. The van der Waals surface area contributed by atoms with Crippen LogP contribution >= 0.6 is 22.9 Å². The molecule has 2 saturated carbocycles. The van der Waals surface area contributed by atoms with Crippen LogP contribution in [0.25, 0.3) is 22.0 Å². The zero-order chi connectivity index (χ0) is 40.2. The molecule has 2 aromatic heterocycles. The van der Waals surface area contributed by atoms with E-state index in [9.17, 15) is 22.8 Å². The normalized spacial score (nSPS) is 22.8. The molecule has 3 heterocycles. The lowest BCUT2D eigenvalue weighted by Gasteiger charge is -2.35. The highest BCUT2D eigenvalue weighted by Crippen LogP contribution is 2.57.